The van der Waals surface area contributed by atoms with Gasteiger partial charge < -0.3 is 0 Å². The highest BCUT2D eigenvalue weighted by Gasteiger charge is 2.42. The van der Waals surface area contributed by atoms with Crippen LogP contribution in [0.4, 0.5) is 13.2 Å². The number of benzene rings is 1. The van der Waals surface area contributed by atoms with Crippen LogP contribution in [0.5, 0.6) is 0 Å². The number of hydrogen-bond donors (Lipinski definition) is 0. The lowest BCUT2D eigenvalue weighted by atomic mass is 9.81. The predicted molar refractivity (Wildman–Crippen MR) is 58.2 cm³/mol. The lowest BCUT2D eigenvalue weighted by molar-refractivity contribution is -0.153. The summed E-state index contributed by atoms with van der Waals surface area (Å²) in [6.07, 6.45) is -2.88. The van der Waals surface area contributed by atoms with Gasteiger partial charge in [-0.1, -0.05) is 12.1 Å². The molecule has 0 heterocycles. The molecule has 0 N–H and O–H groups in total. The van der Waals surface area contributed by atoms with Gasteiger partial charge in [-0.3, -0.25) is 4.79 Å². The summed E-state index contributed by atoms with van der Waals surface area (Å²) in [7, 11) is 0. The number of aryl methyl sites for hydroxylation is 1. The van der Waals surface area contributed by atoms with Crippen molar-refractivity contribution in [3.63, 3.8) is 0 Å². The third-order valence-electron chi connectivity index (χ3n) is 3.26. The largest absolute Gasteiger partial charge is 0.395 e. The highest BCUT2D eigenvalue weighted by Crippen LogP contribution is 2.43. The lowest BCUT2D eigenvalue weighted by Gasteiger charge is -2.27. The first-order valence-electron chi connectivity index (χ1n) is 5.60. The van der Waals surface area contributed by atoms with Gasteiger partial charge in [0.25, 0.3) is 0 Å². The van der Waals surface area contributed by atoms with Gasteiger partial charge in [-0.05, 0) is 43.4 Å². The van der Waals surface area contributed by atoms with Crippen LogP contribution in [0.2, 0.25) is 0 Å². The summed E-state index contributed by atoms with van der Waals surface area (Å²) in [4.78, 5) is 11.2. The molecular weight excluding hydrogens is 229 g/mol. The van der Waals surface area contributed by atoms with Crippen LogP contribution in [0.15, 0.2) is 18.2 Å². The van der Waals surface area contributed by atoms with Crippen LogP contribution in [0.3, 0.4) is 0 Å². The Morgan fingerprint density at radius 3 is 2.65 bits per heavy atom. The predicted octanol–water partition coefficient (Wildman–Crippen LogP) is 3.87. The van der Waals surface area contributed by atoms with Crippen LogP contribution < -0.4 is 0 Å². The summed E-state index contributed by atoms with van der Waals surface area (Å²) in [5, 5.41) is 0. The van der Waals surface area contributed by atoms with Gasteiger partial charge in [-0.15, -0.1) is 0 Å². The van der Waals surface area contributed by atoms with Gasteiger partial charge in [0.15, 0.2) is 5.78 Å². The Kier molecular flexibility index (Phi) is 2.98. The Morgan fingerprint density at radius 1 is 1.35 bits per heavy atom. The maximum atomic E-state index is 12.8. The van der Waals surface area contributed by atoms with E-state index in [0.29, 0.717) is 29.5 Å². The summed E-state index contributed by atoms with van der Waals surface area (Å²) in [5.41, 5.74) is 1.51. The van der Waals surface area contributed by atoms with E-state index >= 15 is 0 Å². The Bertz CT molecular complexity index is 448. The summed E-state index contributed by atoms with van der Waals surface area (Å²) >= 11 is 0. The molecule has 1 aliphatic carbocycles. The molecule has 0 bridgehead atoms. The fourth-order valence-electron chi connectivity index (χ4n) is 2.37. The monoisotopic (exact) mass is 242 g/mol. The van der Waals surface area contributed by atoms with E-state index in [2.05, 4.69) is 0 Å². The number of fused-ring (bicyclic) bond motifs is 1. The van der Waals surface area contributed by atoms with E-state index in [1.807, 2.05) is 0 Å². The highest BCUT2D eigenvalue weighted by molar-refractivity contribution is 5.94. The Balaban J connectivity index is 2.44. The van der Waals surface area contributed by atoms with Crippen molar-refractivity contribution in [3.05, 3.63) is 34.9 Å². The third-order valence-corrected chi connectivity index (χ3v) is 3.26. The second-order valence-electron chi connectivity index (χ2n) is 4.46. The Hall–Kier alpha value is -1.32. The molecule has 4 heteroatoms. The maximum absolute atomic E-state index is 12.8. The van der Waals surface area contributed by atoms with Gasteiger partial charge in [-0.2, -0.15) is 13.2 Å². The van der Waals surface area contributed by atoms with Gasteiger partial charge >= 0.3 is 6.18 Å². The minimum absolute atomic E-state index is 0.109. The number of ketones is 1. The van der Waals surface area contributed by atoms with E-state index in [0.717, 1.165) is 0 Å². The molecule has 1 unspecified atom stereocenters. The molecule has 17 heavy (non-hydrogen) atoms. The number of hydrogen-bond acceptors (Lipinski definition) is 1. The van der Waals surface area contributed by atoms with Crippen molar-refractivity contribution >= 4 is 5.78 Å². The lowest BCUT2D eigenvalue weighted by Crippen LogP contribution is -2.25. The number of halogens is 3. The van der Waals surface area contributed by atoms with Crippen molar-refractivity contribution in [3.8, 4) is 0 Å². The molecule has 2 rings (SSSR count). The average Bonchev–Trinajstić information content (AvgIpc) is 2.26. The van der Waals surface area contributed by atoms with Crippen LogP contribution >= 0.6 is 0 Å². The van der Waals surface area contributed by atoms with Crippen molar-refractivity contribution in [2.75, 3.05) is 0 Å². The number of carbonyl (C=O) groups excluding carboxylic acids is 1. The van der Waals surface area contributed by atoms with E-state index in [1.165, 1.54) is 19.1 Å². The van der Waals surface area contributed by atoms with Crippen molar-refractivity contribution in [2.24, 2.45) is 0 Å². The highest BCUT2D eigenvalue weighted by atomic mass is 19.4. The number of Topliss-reactive ketones (excluding diaryl/α,β-unsaturated/α-hetero) is 1. The topological polar surface area (TPSA) is 17.1 Å². The smallest absolute Gasteiger partial charge is 0.295 e. The van der Waals surface area contributed by atoms with Gasteiger partial charge in [0.05, 0.1) is 5.92 Å². The van der Waals surface area contributed by atoms with Crippen molar-refractivity contribution in [1.29, 1.82) is 0 Å². The second-order valence-corrected chi connectivity index (χ2v) is 4.46. The fourth-order valence-corrected chi connectivity index (χ4v) is 2.37. The summed E-state index contributed by atoms with van der Waals surface area (Å²) in [6, 6.07) is 4.56. The molecule has 0 radical (unpaired) electrons. The maximum Gasteiger partial charge on any atom is 0.395 e. The van der Waals surface area contributed by atoms with Gasteiger partial charge in [0, 0.05) is 5.56 Å². The molecule has 1 aromatic rings. The van der Waals surface area contributed by atoms with Crippen LogP contribution in [-0.2, 0) is 6.42 Å². The van der Waals surface area contributed by atoms with Crippen LogP contribution in [0, 0.1) is 0 Å². The molecule has 0 spiro atoms. The van der Waals surface area contributed by atoms with Crippen molar-refractivity contribution in [1.82, 2.24) is 0 Å². The molecule has 1 aliphatic rings. The molecule has 0 fully saturated rings. The molecule has 0 amide bonds. The minimum atomic E-state index is -4.19. The first kappa shape index (κ1) is 12.1. The molecule has 0 saturated carbocycles. The standard InChI is InChI=1S/C13H13F3O/c1-8(17)9-5-6-11-10(7-9)3-2-4-12(11)13(14,15)16/h5-7,12H,2-4H2,1H3. The van der Waals surface area contributed by atoms with Crippen molar-refractivity contribution < 1.29 is 18.0 Å². The average molecular weight is 242 g/mol. The molecule has 1 atom stereocenters. The van der Waals surface area contributed by atoms with E-state index < -0.39 is 12.1 Å². The van der Waals surface area contributed by atoms with Crippen LogP contribution in [0.25, 0.3) is 0 Å². The van der Waals surface area contributed by atoms with Crippen LogP contribution in [-0.4, -0.2) is 12.0 Å². The van der Waals surface area contributed by atoms with Crippen LogP contribution in [0.1, 0.15) is 47.2 Å². The fraction of sp³-hybridized carbons (Fsp3) is 0.462. The summed E-state index contributed by atoms with van der Waals surface area (Å²) in [5.74, 6) is -1.48. The molecule has 0 saturated heterocycles. The zero-order valence-corrected chi connectivity index (χ0v) is 9.47. The quantitative estimate of drug-likeness (QED) is 0.683. The van der Waals surface area contributed by atoms with E-state index in [9.17, 15) is 18.0 Å². The molecule has 92 valence electrons. The molecule has 1 nitrogen and oxygen atoms in total. The first-order valence-corrected chi connectivity index (χ1v) is 5.60. The molecule has 0 aromatic heterocycles. The summed E-state index contributed by atoms with van der Waals surface area (Å²) in [6.45, 7) is 1.42. The van der Waals surface area contributed by atoms with E-state index in [-0.39, 0.29) is 12.2 Å². The number of rotatable bonds is 1. The molecule has 0 aliphatic heterocycles. The van der Waals surface area contributed by atoms with Gasteiger partial charge in [-0.25, -0.2) is 0 Å². The Labute approximate surface area is 97.6 Å². The first-order chi connectivity index (χ1) is 7.89. The zero-order valence-electron chi connectivity index (χ0n) is 9.47. The SMILES string of the molecule is CC(=O)c1ccc2c(c1)CCCC2C(F)(F)F. The minimum Gasteiger partial charge on any atom is -0.295 e. The van der Waals surface area contributed by atoms with E-state index in [1.54, 1.807) is 6.07 Å². The van der Waals surface area contributed by atoms with Gasteiger partial charge in [0.2, 0.25) is 0 Å². The Morgan fingerprint density at radius 2 is 2.06 bits per heavy atom. The van der Waals surface area contributed by atoms with Crippen molar-refractivity contribution in [2.45, 2.75) is 38.3 Å². The zero-order chi connectivity index (χ0) is 12.6. The van der Waals surface area contributed by atoms with E-state index in [4.69, 9.17) is 0 Å². The third kappa shape index (κ3) is 2.35. The number of carbonyl (C=O) groups is 1. The van der Waals surface area contributed by atoms with Gasteiger partial charge in [0.1, 0.15) is 0 Å². The number of alkyl halides is 3. The normalized spacial score (nSPS) is 19.9. The molecular formula is C13H13F3O. The second kappa shape index (κ2) is 4.17. The molecule has 1 aromatic carbocycles. The summed E-state index contributed by atoms with van der Waals surface area (Å²) < 4.78 is 38.4.